The van der Waals surface area contributed by atoms with Gasteiger partial charge in [-0.05, 0) is 62.7 Å². The quantitative estimate of drug-likeness (QED) is 0.628. The van der Waals surface area contributed by atoms with Crippen molar-refractivity contribution < 1.29 is 9.53 Å². The molecule has 0 unspecified atom stereocenters. The lowest BCUT2D eigenvalue weighted by Crippen LogP contribution is -2.57. The molecule has 1 saturated heterocycles. The van der Waals surface area contributed by atoms with Crippen molar-refractivity contribution in [2.24, 2.45) is 28.6 Å². The highest BCUT2D eigenvalue weighted by Crippen LogP contribution is 2.72. The van der Waals surface area contributed by atoms with Crippen LogP contribution in [0.15, 0.2) is 0 Å². The summed E-state index contributed by atoms with van der Waals surface area (Å²) in [7, 11) is 0. The smallest absolute Gasteiger partial charge is 0.139 e. The fraction of sp³-hybridized carbons (Fsp3) is 0.947. The van der Waals surface area contributed by atoms with Crippen molar-refractivity contribution in [1.82, 2.24) is 0 Å². The van der Waals surface area contributed by atoms with Gasteiger partial charge in [-0.3, -0.25) is 4.79 Å². The molecule has 4 saturated carbocycles. The number of carbonyl (C=O) groups excluding carboxylic acids is 1. The first-order valence-corrected chi connectivity index (χ1v) is 9.22. The fourth-order valence-corrected chi connectivity index (χ4v) is 7.52. The SMILES string of the molecule is C[C@]12CC[C@H]3[C@@H](CC[C@@]45O[C@@H]4CCC[C@]35C)[C@@H]1CCC2=O. The van der Waals surface area contributed by atoms with Crippen LogP contribution in [0.3, 0.4) is 0 Å². The van der Waals surface area contributed by atoms with Crippen LogP contribution in [0.5, 0.6) is 0 Å². The van der Waals surface area contributed by atoms with Crippen LogP contribution < -0.4 is 0 Å². The van der Waals surface area contributed by atoms with Gasteiger partial charge in [0, 0.05) is 17.3 Å². The van der Waals surface area contributed by atoms with E-state index >= 15 is 0 Å². The molecule has 5 rings (SSSR count). The lowest BCUT2D eigenvalue weighted by atomic mass is 9.45. The molecule has 0 amide bonds. The van der Waals surface area contributed by atoms with Gasteiger partial charge in [0.15, 0.2) is 0 Å². The van der Waals surface area contributed by atoms with Gasteiger partial charge in [-0.25, -0.2) is 0 Å². The second kappa shape index (κ2) is 3.75. The van der Waals surface area contributed by atoms with Gasteiger partial charge < -0.3 is 4.74 Å². The molecule has 1 heterocycles. The van der Waals surface area contributed by atoms with Gasteiger partial charge in [0.05, 0.1) is 6.10 Å². The monoisotopic (exact) mass is 288 g/mol. The molecule has 0 bridgehead atoms. The van der Waals surface area contributed by atoms with Crippen molar-refractivity contribution in [1.29, 1.82) is 0 Å². The van der Waals surface area contributed by atoms with Crippen LogP contribution in [0.4, 0.5) is 0 Å². The minimum absolute atomic E-state index is 0.0283. The molecule has 0 N–H and O–H groups in total. The van der Waals surface area contributed by atoms with Crippen molar-refractivity contribution in [3.8, 4) is 0 Å². The number of epoxide rings is 1. The largest absolute Gasteiger partial charge is 0.365 e. The van der Waals surface area contributed by atoms with Crippen LogP contribution in [0, 0.1) is 28.6 Å². The Kier molecular flexibility index (Phi) is 2.34. The number of ether oxygens (including phenoxy) is 1. The molecule has 1 aliphatic heterocycles. The van der Waals surface area contributed by atoms with E-state index in [-0.39, 0.29) is 11.0 Å². The van der Waals surface area contributed by atoms with E-state index in [9.17, 15) is 4.79 Å². The topological polar surface area (TPSA) is 29.6 Å². The standard InChI is InChI=1S/C19H28O2/c1-17-10-8-14-12(13(17)5-6-15(17)20)7-11-19-16(21-19)4-3-9-18(14,19)2/h12-14,16H,3-11H2,1-2H3/t12-,13-,14-,16+,17-,18+,19+/m0/s1. The normalized spacial score (nSPS) is 61.5. The maximum atomic E-state index is 12.4. The molecule has 2 nitrogen and oxygen atoms in total. The first-order chi connectivity index (χ1) is 10.0. The third kappa shape index (κ3) is 1.33. The maximum absolute atomic E-state index is 12.4. The lowest BCUT2D eigenvalue weighted by molar-refractivity contribution is -0.138. The minimum Gasteiger partial charge on any atom is -0.365 e. The molecule has 0 aromatic carbocycles. The lowest BCUT2D eigenvalue weighted by Gasteiger charge is -2.58. The summed E-state index contributed by atoms with van der Waals surface area (Å²) in [4.78, 5) is 12.4. The van der Waals surface area contributed by atoms with E-state index < -0.39 is 0 Å². The zero-order valence-electron chi connectivity index (χ0n) is 13.5. The summed E-state index contributed by atoms with van der Waals surface area (Å²) in [5.74, 6) is 2.87. The molecule has 7 atom stereocenters. The highest BCUT2D eigenvalue weighted by molar-refractivity contribution is 5.87. The predicted octanol–water partition coefficient (Wildman–Crippen LogP) is 4.12. The van der Waals surface area contributed by atoms with Gasteiger partial charge in [0.2, 0.25) is 0 Å². The Bertz CT molecular complexity index is 514. The number of rotatable bonds is 0. The first-order valence-electron chi connectivity index (χ1n) is 9.22. The molecular formula is C19H28O2. The van der Waals surface area contributed by atoms with Crippen LogP contribution in [-0.2, 0) is 9.53 Å². The molecule has 4 aliphatic carbocycles. The highest BCUT2D eigenvalue weighted by Gasteiger charge is 2.73. The molecule has 2 heteroatoms. The summed E-state index contributed by atoms with van der Waals surface area (Å²) in [5, 5.41) is 0. The molecule has 5 fully saturated rings. The summed E-state index contributed by atoms with van der Waals surface area (Å²) in [6, 6.07) is 0. The Morgan fingerprint density at radius 2 is 1.86 bits per heavy atom. The molecule has 21 heavy (non-hydrogen) atoms. The van der Waals surface area contributed by atoms with Gasteiger partial charge in [0.25, 0.3) is 0 Å². The van der Waals surface area contributed by atoms with E-state index in [1.807, 2.05) is 0 Å². The molecule has 116 valence electrons. The van der Waals surface area contributed by atoms with Crippen molar-refractivity contribution in [2.75, 3.05) is 0 Å². The third-order valence-electron chi connectivity index (χ3n) is 8.76. The molecule has 0 aromatic heterocycles. The van der Waals surface area contributed by atoms with E-state index in [1.54, 1.807) is 0 Å². The Labute approximate surface area is 128 Å². The van der Waals surface area contributed by atoms with Crippen molar-refractivity contribution in [3.63, 3.8) is 0 Å². The summed E-state index contributed by atoms with van der Waals surface area (Å²) in [5.41, 5.74) is 0.690. The summed E-state index contributed by atoms with van der Waals surface area (Å²) in [6.07, 6.45) is 11.6. The summed E-state index contributed by atoms with van der Waals surface area (Å²) in [6.45, 7) is 4.83. The maximum Gasteiger partial charge on any atom is 0.139 e. The Hall–Kier alpha value is -0.370. The highest BCUT2D eigenvalue weighted by atomic mass is 16.6. The fourth-order valence-electron chi connectivity index (χ4n) is 7.52. The number of fused-ring (bicyclic) bond motifs is 4. The number of Topliss-reactive ketones (excluding diaryl/α,β-unsaturated/α-hetero) is 1. The van der Waals surface area contributed by atoms with Crippen molar-refractivity contribution in [3.05, 3.63) is 0 Å². The molecule has 0 radical (unpaired) electrons. The average molecular weight is 288 g/mol. The number of hydrogen-bond donors (Lipinski definition) is 0. The zero-order valence-corrected chi connectivity index (χ0v) is 13.5. The number of hydrogen-bond acceptors (Lipinski definition) is 2. The molecule has 5 aliphatic rings. The van der Waals surface area contributed by atoms with E-state index in [0.29, 0.717) is 23.2 Å². The minimum atomic E-state index is 0.0283. The second-order valence-electron chi connectivity index (χ2n) is 9.14. The Morgan fingerprint density at radius 3 is 2.71 bits per heavy atom. The van der Waals surface area contributed by atoms with Crippen LogP contribution in [-0.4, -0.2) is 17.5 Å². The van der Waals surface area contributed by atoms with Crippen LogP contribution in [0.2, 0.25) is 0 Å². The summed E-state index contributed by atoms with van der Waals surface area (Å²) < 4.78 is 6.31. The molecular weight excluding hydrogens is 260 g/mol. The van der Waals surface area contributed by atoms with Gasteiger partial charge in [-0.15, -0.1) is 0 Å². The second-order valence-corrected chi connectivity index (χ2v) is 9.14. The van der Waals surface area contributed by atoms with Gasteiger partial charge >= 0.3 is 0 Å². The predicted molar refractivity (Wildman–Crippen MR) is 80.8 cm³/mol. The number of ketones is 1. The van der Waals surface area contributed by atoms with Crippen LogP contribution in [0.1, 0.15) is 71.6 Å². The van der Waals surface area contributed by atoms with Crippen molar-refractivity contribution >= 4 is 5.78 Å². The van der Waals surface area contributed by atoms with Gasteiger partial charge in [0.1, 0.15) is 11.4 Å². The summed E-state index contributed by atoms with van der Waals surface area (Å²) >= 11 is 0. The Morgan fingerprint density at radius 1 is 1.00 bits per heavy atom. The average Bonchev–Trinajstić information content (AvgIpc) is 3.11. The third-order valence-corrected chi connectivity index (χ3v) is 8.76. The molecule has 1 spiro atoms. The number of carbonyl (C=O) groups is 1. The van der Waals surface area contributed by atoms with E-state index in [0.717, 1.165) is 24.7 Å². The van der Waals surface area contributed by atoms with Crippen molar-refractivity contribution in [2.45, 2.75) is 83.3 Å². The Balaban J connectivity index is 1.53. The van der Waals surface area contributed by atoms with Crippen LogP contribution >= 0.6 is 0 Å². The van der Waals surface area contributed by atoms with Gasteiger partial charge in [-0.2, -0.15) is 0 Å². The molecule has 0 aromatic rings. The zero-order chi connectivity index (χ0) is 14.5. The first kappa shape index (κ1) is 13.1. The van der Waals surface area contributed by atoms with E-state index in [4.69, 9.17) is 4.74 Å². The van der Waals surface area contributed by atoms with E-state index in [2.05, 4.69) is 13.8 Å². The van der Waals surface area contributed by atoms with Crippen LogP contribution in [0.25, 0.3) is 0 Å². The van der Waals surface area contributed by atoms with Gasteiger partial charge in [-0.1, -0.05) is 20.3 Å². The van der Waals surface area contributed by atoms with E-state index in [1.165, 1.54) is 44.9 Å².